The number of carboxylic acid groups (broad SMARTS) is 1. The van der Waals surface area contributed by atoms with Crippen LogP contribution in [0.3, 0.4) is 0 Å². The number of hydrogen-bond acceptors (Lipinski definition) is 6. The van der Waals surface area contributed by atoms with E-state index in [2.05, 4.69) is 5.16 Å². The van der Waals surface area contributed by atoms with Crippen molar-refractivity contribution in [3.63, 3.8) is 0 Å². The van der Waals surface area contributed by atoms with E-state index in [4.69, 9.17) is 9.63 Å². The van der Waals surface area contributed by atoms with Gasteiger partial charge in [0, 0.05) is 19.2 Å². The van der Waals surface area contributed by atoms with Crippen molar-refractivity contribution in [1.29, 1.82) is 0 Å². The lowest BCUT2D eigenvalue weighted by Gasteiger charge is -2.15. The molecule has 0 radical (unpaired) electrons. The summed E-state index contributed by atoms with van der Waals surface area (Å²) in [5, 5.41) is 12.6. The van der Waals surface area contributed by atoms with Gasteiger partial charge in [0.2, 0.25) is 0 Å². The standard InChI is InChI=1S/C12H14N2O5S2/c1-7-9(8(2)19-13-7)6-14(3)21(17,18)11-5-4-10(20-11)12(15)16/h4-5H,6H2,1-3H3,(H,15,16). The second-order valence-corrected chi connectivity index (χ2v) is 7.84. The average Bonchev–Trinajstić information content (AvgIpc) is 3.01. The van der Waals surface area contributed by atoms with Crippen LogP contribution < -0.4 is 0 Å². The summed E-state index contributed by atoms with van der Waals surface area (Å²) in [6.45, 7) is 3.56. The van der Waals surface area contributed by atoms with Gasteiger partial charge in [0.25, 0.3) is 10.0 Å². The molecule has 0 spiro atoms. The SMILES string of the molecule is Cc1noc(C)c1CN(C)S(=O)(=O)c1ccc(C(=O)O)s1. The molecule has 0 aliphatic rings. The average molecular weight is 330 g/mol. The minimum Gasteiger partial charge on any atom is -0.477 e. The number of carboxylic acids is 1. The second kappa shape index (κ2) is 5.58. The monoisotopic (exact) mass is 330 g/mol. The van der Waals surface area contributed by atoms with Crippen molar-refractivity contribution in [3.8, 4) is 0 Å². The summed E-state index contributed by atoms with van der Waals surface area (Å²) in [4.78, 5) is 10.8. The van der Waals surface area contributed by atoms with E-state index >= 15 is 0 Å². The predicted molar refractivity (Wildman–Crippen MR) is 75.9 cm³/mol. The van der Waals surface area contributed by atoms with Crippen LogP contribution in [-0.2, 0) is 16.6 Å². The zero-order chi connectivity index (χ0) is 15.8. The number of aromatic carboxylic acids is 1. The molecule has 0 saturated carbocycles. The third-order valence-corrected chi connectivity index (χ3v) is 6.36. The molecule has 21 heavy (non-hydrogen) atoms. The first-order chi connectivity index (χ1) is 9.73. The molecule has 9 heteroatoms. The lowest BCUT2D eigenvalue weighted by atomic mass is 10.2. The molecule has 2 heterocycles. The van der Waals surface area contributed by atoms with Crippen molar-refractivity contribution in [2.75, 3.05) is 7.05 Å². The number of carbonyl (C=O) groups is 1. The molecule has 1 N–H and O–H groups in total. The minimum atomic E-state index is -3.74. The van der Waals surface area contributed by atoms with Gasteiger partial charge in [-0.3, -0.25) is 0 Å². The maximum atomic E-state index is 12.4. The minimum absolute atomic E-state index is 0.00541. The lowest BCUT2D eigenvalue weighted by molar-refractivity contribution is 0.0702. The molecule has 7 nitrogen and oxygen atoms in total. The fourth-order valence-corrected chi connectivity index (χ4v) is 4.26. The summed E-state index contributed by atoms with van der Waals surface area (Å²) in [6.07, 6.45) is 0. The summed E-state index contributed by atoms with van der Waals surface area (Å²) < 4.78 is 31.0. The van der Waals surface area contributed by atoms with Crippen molar-refractivity contribution < 1.29 is 22.8 Å². The van der Waals surface area contributed by atoms with Gasteiger partial charge in [-0.25, -0.2) is 13.2 Å². The molecule has 2 aromatic heterocycles. The largest absolute Gasteiger partial charge is 0.477 e. The van der Waals surface area contributed by atoms with Gasteiger partial charge >= 0.3 is 5.97 Å². The Balaban J connectivity index is 2.28. The number of aryl methyl sites for hydroxylation is 2. The third-order valence-electron chi connectivity index (χ3n) is 3.02. The van der Waals surface area contributed by atoms with Gasteiger partial charge < -0.3 is 9.63 Å². The van der Waals surface area contributed by atoms with E-state index in [0.717, 1.165) is 15.6 Å². The van der Waals surface area contributed by atoms with Gasteiger partial charge in [0.1, 0.15) is 14.8 Å². The van der Waals surface area contributed by atoms with Crippen LogP contribution in [0.25, 0.3) is 0 Å². The zero-order valence-corrected chi connectivity index (χ0v) is 13.3. The Hall–Kier alpha value is -1.71. The summed E-state index contributed by atoms with van der Waals surface area (Å²) in [5.74, 6) is -0.582. The van der Waals surface area contributed by atoms with Gasteiger partial charge in [0.15, 0.2) is 0 Å². The van der Waals surface area contributed by atoms with Crippen LogP contribution in [0.5, 0.6) is 0 Å². The van der Waals surface area contributed by atoms with E-state index in [1.54, 1.807) is 13.8 Å². The summed E-state index contributed by atoms with van der Waals surface area (Å²) in [7, 11) is -2.31. The fraction of sp³-hybridized carbons (Fsp3) is 0.333. The van der Waals surface area contributed by atoms with Gasteiger partial charge in [-0.2, -0.15) is 4.31 Å². The molecule has 0 atom stereocenters. The maximum absolute atomic E-state index is 12.4. The Labute approximate surface area is 125 Å². The molecular formula is C12H14N2O5S2. The number of aromatic nitrogens is 1. The Bertz CT molecular complexity index is 756. The molecule has 0 unspecified atom stereocenters. The Morgan fingerprint density at radius 2 is 2.10 bits per heavy atom. The molecule has 0 bridgehead atoms. The van der Waals surface area contributed by atoms with Crippen LogP contribution in [0, 0.1) is 13.8 Å². The molecule has 0 aliphatic carbocycles. The van der Waals surface area contributed by atoms with Gasteiger partial charge in [0.05, 0.1) is 5.69 Å². The molecule has 2 rings (SSSR count). The van der Waals surface area contributed by atoms with Crippen LogP contribution in [0.15, 0.2) is 20.9 Å². The van der Waals surface area contributed by atoms with Crippen LogP contribution in [0.4, 0.5) is 0 Å². The fourth-order valence-electron chi connectivity index (χ4n) is 1.76. The molecule has 0 saturated heterocycles. The third kappa shape index (κ3) is 2.99. The molecule has 2 aromatic rings. The number of thiophene rings is 1. The smallest absolute Gasteiger partial charge is 0.345 e. The number of rotatable bonds is 5. The molecule has 0 aromatic carbocycles. The molecular weight excluding hydrogens is 316 g/mol. The zero-order valence-electron chi connectivity index (χ0n) is 11.7. The normalized spacial score (nSPS) is 12.0. The van der Waals surface area contributed by atoms with Crippen LogP contribution >= 0.6 is 11.3 Å². The number of hydrogen-bond donors (Lipinski definition) is 1. The van der Waals surface area contributed by atoms with E-state index in [9.17, 15) is 13.2 Å². The highest BCUT2D eigenvalue weighted by Crippen LogP contribution is 2.26. The van der Waals surface area contributed by atoms with Gasteiger partial charge in [-0.05, 0) is 26.0 Å². The van der Waals surface area contributed by atoms with Crippen molar-refractivity contribution in [2.45, 2.75) is 24.6 Å². The van der Waals surface area contributed by atoms with Crippen molar-refractivity contribution in [1.82, 2.24) is 9.46 Å². The molecule has 0 aliphatic heterocycles. The lowest BCUT2D eigenvalue weighted by Crippen LogP contribution is -2.26. The topological polar surface area (TPSA) is 101 Å². The maximum Gasteiger partial charge on any atom is 0.345 e. The van der Waals surface area contributed by atoms with Crippen molar-refractivity contribution >= 4 is 27.3 Å². The first kappa shape index (κ1) is 15.7. The van der Waals surface area contributed by atoms with E-state index < -0.39 is 16.0 Å². The summed E-state index contributed by atoms with van der Waals surface area (Å²) in [6, 6.07) is 2.58. The highest BCUT2D eigenvalue weighted by atomic mass is 32.2. The molecule has 114 valence electrons. The Morgan fingerprint density at radius 3 is 2.57 bits per heavy atom. The quantitative estimate of drug-likeness (QED) is 0.898. The van der Waals surface area contributed by atoms with Crippen LogP contribution in [0.1, 0.15) is 26.7 Å². The van der Waals surface area contributed by atoms with E-state index in [1.807, 2.05) is 0 Å². The molecule has 0 amide bonds. The number of sulfonamides is 1. The first-order valence-corrected chi connectivity index (χ1v) is 8.20. The number of nitrogens with zero attached hydrogens (tertiary/aromatic N) is 2. The Kier molecular flexibility index (Phi) is 4.17. The van der Waals surface area contributed by atoms with Crippen molar-refractivity contribution in [2.24, 2.45) is 0 Å². The van der Waals surface area contributed by atoms with E-state index in [-0.39, 0.29) is 15.6 Å². The second-order valence-electron chi connectivity index (χ2n) is 4.49. The summed E-state index contributed by atoms with van der Waals surface area (Å²) >= 11 is 0.729. The highest BCUT2D eigenvalue weighted by molar-refractivity contribution is 7.91. The van der Waals surface area contributed by atoms with Crippen LogP contribution in [0.2, 0.25) is 0 Å². The highest BCUT2D eigenvalue weighted by Gasteiger charge is 2.26. The van der Waals surface area contributed by atoms with Gasteiger partial charge in [-0.15, -0.1) is 11.3 Å². The van der Waals surface area contributed by atoms with E-state index in [1.165, 1.54) is 19.2 Å². The van der Waals surface area contributed by atoms with Gasteiger partial charge in [-0.1, -0.05) is 5.16 Å². The molecule has 0 fully saturated rings. The predicted octanol–water partition coefficient (Wildman–Crippen LogP) is 1.87. The Morgan fingerprint density at radius 1 is 1.43 bits per heavy atom. The summed E-state index contributed by atoms with van der Waals surface area (Å²) in [5.41, 5.74) is 1.34. The van der Waals surface area contributed by atoms with Crippen LogP contribution in [-0.4, -0.2) is 36.0 Å². The first-order valence-electron chi connectivity index (χ1n) is 5.94. The van der Waals surface area contributed by atoms with E-state index in [0.29, 0.717) is 17.0 Å². The van der Waals surface area contributed by atoms with Crippen molar-refractivity contribution in [3.05, 3.63) is 34.0 Å².